The van der Waals surface area contributed by atoms with Gasteiger partial charge in [-0.1, -0.05) is 55.8 Å². The summed E-state index contributed by atoms with van der Waals surface area (Å²) in [6.07, 6.45) is 1.60. The second kappa shape index (κ2) is 9.42. The monoisotopic (exact) mass is 371 g/mol. The molecule has 0 spiro atoms. The fourth-order valence-electron chi connectivity index (χ4n) is 2.99. The van der Waals surface area contributed by atoms with Crippen LogP contribution in [-0.2, 0) is 11.2 Å². The van der Waals surface area contributed by atoms with Crippen LogP contribution in [0.5, 0.6) is 0 Å². The summed E-state index contributed by atoms with van der Waals surface area (Å²) >= 11 is 0. The number of hydrogen-bond acceptors (Lipinski definition) is 5. The third-order valence-electron chi connectivity index (χ3n) is 4.25. The molecule has 8 nitrogen and oxygen atoms in total. The van der Waals surface area contributed by atoms with Gasteiger partial charge in [0.1, 0.15) is 0 Å². The van der Waals surface area contributed by atoms with Gasteiger partial charge in [-0.2, -0.15) is 0 Å². The maximum absolute atomic E-state index is 12.7. The zero-order chi connectivity index (χ0) is 19.8. The number of hydrogen-bond donors (Lipinski definition) is 1. The highest BCUT2D eigenvalue weighted by atomic mass is 16.6. The summed E-state index contributed by atoms with van der Waals surface area (Å²) in [4.78, 5) is 33.7. The average Bonchev–Trinajstić information content (AvgIpc) is 2.66. The molecular weight excluding hydrogens is 350 g/mol. The molecule has 8 heteroatoms. The quantitative estimate of drug-likeness (QED) is 0.532. The van der Waals surface area contributed by atoms with Gasteiger partial charge >= 0.3 is 11.4 Å². The van der Waals surface area contributed by atoms with E-state index < -0.39 is 27.1 Å². The lowest BCUT2D eigenvalue weighted by Gasteiger charge is -2.16. The summed E-state index contributed by atoms with van der Waals surface area (Å²) in [5, 5.41) is 25.4. The Bertz CT molecular complexity index is 823. The van der Waals surface area contributed by atoms with E-state index >= 15 is 0 Å². The van der Waals surface area contributed by atoms with Crippen LogP contribution in [0.4, 0.5) is 11.4 Å². The van der Waals surface area contributed by atoms with E-state index in [1.807, 2.05) is 37.3 Å². The Hall–Kier alpha value is -3.29. The SMILES string of the molecule is CCCC(C(=O)NCCc1ccccc1)c1cccc([N+](=O)[O-])c1[N+](=O)[O-]. The van der Waals surface area contributed by atoms with Crippen molar-refractivity contribution in [1.82, 2.24) is 5.32 Å². The molecule has 0 bridgehead atoms. The predicted octanol–water partition coefficient (Wildman–Crippen LogP) is 3.75. The topological polar surface area (TPSA) is 115 Å². The summed E-state index contributed by atoms with van der Waals surface area (Å²) in [7, 11) is 0. The van der Waals surface area contributed by atoms with E-state index in [9.17, 15) is 25.0 Å². The highest BCUT2D eigenvalue weighted by molar-refractivity contribution is 5.85. The van der Waals surface area contributed by atoms with E-state index in [0.717, 1.165) is 11.6 Å². The Morgan fingerprint density at radius 3 is 2.33 bits per heavy atom. The van der Waals surface area contributed by atoms with Gasteiger partial charge in [0.05, 0.1) is 15.8 Å². The molecule has 0 saturated heterocycles. The Kier molecular flexibility index (Phi) is 6.99. The van der Waals surface area contributed by atoms with Crippen LogP contribution in [0.25, 0.3) is 0 Å². The minimum atomic E-state index is -0.814. The van der Waals surface area contributed by atoms with Crippen LogP contribution in [-0.4, -0.2) is 22.3 Å². The molecule has 0 radical (unpaired) electrons. The van der Waals surface area contributed by atoms with Gasteiger partial charge in [0.25, 0.3) is 0 Å². The predicted molar refractivity (Wildman–Crippen MR) is 101 cm³/mol. The number of nitro groups is 2. The molecule has 0 aromatic heterocycles. The van der Waals surface area contributed by atoms with Crippen molar-refractivity contribution in [2.45, 2.75) is 32.1 Å². The molecule has 2 aromatic rings. The maximum atomic E-state index is 12.7. The van der Waals surface area contributed by atoms with Crippen molar-refractivity contribution in [2.24, 2.45) is 0 Å². The lowest BCUT2D eigenvalue weighted by Crippen LogP contribution is -2.31. The van der Waals surface area contributed by atoms with Gasteiger partial charge in [0.2, 0.25) is 5.91 Å². The summed E-state index contributed by atoms with van der Waals surface area (Å²) in [6, 6.07) is 13.5. The van der Waals surface area contributed by atoms with E-state index in [2.05, 4.69) is 5.32 Å². The zero-order valence-electron chi connectivity index (χ0n) is 15.0. The molecule has 27 heavy (non-hydrogen) atoms. The number of nitrogens with zero attached hydrogens (tertiary/aromatic N) is 2. The maximum Gasteiger partial charge on any atom is 0.349 e. The van der Waals surface area contributed by atoms with E-state index in [0.29, 0.717) is 25.8 Å². The van der Waals surface area contributed by atoms with Crippen LogP contribution in [0.3, 0.4) is 0 Å². The van der Waals surface area contributed by atoms with Crippen molar-refractivity contribution in [3.63, 3.8) is 0 Å². The summed E-state index contributed by atoms with van der Waals surface area (Å²) < 4.78 is 0. The Morgan fingerprint density at radius 1 is 1.04 bits per heavy atom. The molecular formula is C19H21N3O5. The number of para-hydroxylation sites is 1. The average molecular weight is 371 g/mol. The molecule has 1 atom stereocenters. The molecule has 2 rings (SSSR count). The number of benzene rings is 2. The van der Waals surface area contributed by atoms with Gasteiger partial charge < -0.3 is 5.32 Å². The van der Waals surface area contributed by atoms with Crippen molar-refractivity contribution in [2.75, 3.05) is 6.54 Å². The fourth-order valence-corrected chi connectivity index (χ4v) is 2.99. The van der Waals surface area contributed by atoms with Gasteiger partial charge in [-0.05, 0) is 18.4 Å². The minimum absolute atomic E-state index is 0.0771. The largest absolute Gasteiger partial charge is 0.355 e. The summed E-state index contributed by atoms with van der Waals surface area (Å²) in [5.41, 5.74) is -0.0747. The molecule has 0 saturated carbocycles. The standard InChI is InChI=1S/C19H21N3O5/c1-2-7-16(19(23)20-13-12-14-8-4-3-5-9-14)15-10-6-11-17(21(24)25)18(15)22(26)27/h3-6,8-11,16H,2,7,12-13H2,1H3,(H,20,23). The van der Waals surface area contributed by atoms with Crippen LogP contribution in [0.15, 0.2) is 48.5 Å². The van der Waals surface area contributed by atoms with Crippen LogP contribution >= 0.6 is 0 Å². The van der Waals surface area contributed by atoms with Gasteiger partial charge in [-0.15, -0.1) is 0 Å². The minimum Gasteiger partial charge on any atom is -0.355 e. The zero-order valence-corrected chi connectivity index (χ0v) is 15.0. The van der Waals surface area contributed by atoms with E-state index in [-0.39, 0.29) is 11.5 Å². The lowest BCUT2D eigenvalue weighted by atomic mass is 9.91. The summed E-state index contributed by atoms with van der Waals surface area (Å²) in [6.45, 7) is 2.24. The normalized spacial score (nSPS) is 11.6. The first-order valence-electron chi connectivity index (χ1n) is 8.69. The van der Waals surface area contributed by atoms with Crippen molar-refractivity contribution < 1.29 is 14.6 Å². The molecule has 0 aliphatic heterocycles. The lowest BCUT2D eigenvalue weighted by molar-refractivity contribution is -0.423. The second-order valence-electron chi connectivity index (χ2n) is 6.10. The van der Waals surface area contributed by atoms with Crippen molar-refractivity contribution in [1.29, 1.82) is 0 Å². The van der Waals surface area contributed by atoms with Gasteiger partial charge in [0, 0.05) is 18.2 Å². The first-order chi connectivity index (χ1) is 13.0. The molecule has 0 aliphatic carbocycles. The van der Waals surface area contributed by atoms with Crippen LogP contribution < -0.4 is 5.32 Å². The van der Waals surface area contributed by atoms with Crippen molar-refractivity contribution in [3.05, 3.63) is 79.9 Å². The highest BCUT2D eigenvalue weighted by Crippen LogP contribution is 2.36. The van der Waals surface area contributed by atoms with Crippen LogP contribution in [0.2, 0.25) is 0 Å². The number of rotatable bonds is 9. The first kappa shape index (κ1) is 20.0. The molecule has 2 aromatic carbocycles. The Balaban J connectivity index is 2.23. The molecule has 0 fully saturated rings. The van der Waals surface area contributed by atoms with Gasteiger partial charge in [-0.3, -0.25) is 25.0 Å². The molecule has 1 amide bonds. The third-order valence-corrected chi connectivity index (χ3v) is 4.25. The smallest absolute Gasteiger partial charge is 0.349 e. The molecule has 1 unspecified atom stereocenters. The molecule has 0 aliphatic rings. The number of carbonyl (C=O) groups is 1. The number of nitrogens with one attached hydrogen (secondary N) is 1. The summed E-state index contributed by atoms with van der Waals surface area (Å²) in [5.74, 6) is -1.18. The van der Waals surface area contributed by atoms with Gasteiger partial charge in [-0.25, -0.2) is 0 Å². The van der Waals surface area contributed by atoms with E-state index in [1.54, 1.807) is 0 Å². The highest BCUT2D eigenvalue weighted by Gasteiger charge is 2.34. The van der Waals surface area contributed by atoms with Crippen molar-refractivity contribution in [3.8, 4) is 0 Å². The van der Waals surface area contributed by atoms with E-state index in [1.165, 1.54) is 12.1 Å². The number of amides is 1. The van der Waals surface area contributed by atoms with Gasteiger partial charge in [0.15, 0.2) is 0 Å². The first-order valence-corrected chi connectivity index (χ1v) is 8.69. The van der Waals surface area contributed by atoms with E-state index in [4.69, 9.17) is 0 Å². The van der Waals surface area contributed by atoms with Crippen LogP contribution in [0, 0.1) is 20.2 Å². The van der Waals surface area contributed by atoms with Crippen LogP contribution in [0.1, 0.15) is 36.8 Å². The fraction of sp³-hybridized carbons (Fsp3) is 0.316. The third kappa shape index (κ3) is 5.10. The molecule has 0 heterocycles. The number of carbonyl (C=O) groups excluding carboxylic acids is 1. The molecule has 142 valence electrons. The second-order valence-corrected chi connectivity index (χ2v) is 6.10. The Morgan fingerprint density at radius 2 is 1.74 bits per heavy atom. The Labute approximate surface area is 156 Å². The number of nitro benzene ring substituents is 2. The van der Waals surface area contributed by atoms with Crippen molar-refractivity contribution >= 4 is 17.3 Å². The molecule has 1 N–H and O–H groups in total.